The molecule has 0 saturated carbocycles. The molecule has 12 heavy (non-hydrogen) atoms. The molecule has 0 aliphatic rings. The standard InChI is InChI=1S/C9H9FO2/c1-6(11)8-4-3-7(10)5-9(8)12-2/h3-5H,1-2H3/i2D3. The number of hydrogen-bond acceptors (Lipinski definition) is 2. The van der Waals surface area contributed by atoms with Crippen molar-refractivity contribution in [3.63, 3.8) is 0 Å². The molecule has 1 aromatic rings. The molecule has 0 radical (unpaired) electrons. The number of hydrogen-bond donors (Lipinski definition) is 0. The Morgan fingerprint density at radius 1 is 1.67 bits per heavy atom. The van der Waals surface area contributed by atoms with Crippen LogP contribution in [0.15, 0.2) is 18.2 Å². The third-order valence-electron chi connectivity index (χ3n) is 1.43. The molecule has 0 heterocycles. The Hall–Kier alpha value is -1.38. The molecule has 0 N–H and O–H groups in total. The first-order chi connectivity index (χ1) is 6.79. The second-order valence-corrected chi connectivity index (χ2v) is 2.30. The summed E-state index contributed by atoms with van der Waals surface area (Å²) in [7, 11) is -2.70. The molecule has 0 unspecified atom stereocenters. The van der Waals surface area contributed by atoms with E-state index in [1.807, 2.05) is 0 Å². The Morgan fingerprint density at radius 3 is 3.00 bits per heavy atom. The van der Waals surface area contributed by atoms with Gasteiger partial charge in [0, 0.05) is 6.07 Å². The highest BCUT2D eigenvalue weighted by Gasteiger charge is 2.07. The van der Waals surface area contributed by atoms with Gasteiger partial charge < -0.3 is 4.74 Å². The lowest BCUT2D eigenvalue weighted by Crippen LogP contribution is -1.97. The van der Waals surface area contributed by atoms with Gasteiger partial charge in [0.1, 0.15) is 11.6 Å². The summed E-state index contributed by atoms with van der Waals surface area (Å²) >= 11 is 0. The smallest absolute Gasteiger partial charge is 0.163 e. The minimum Gasteiger partial charge on any atom is -0.496 e. The normalized spacial score (nSPS) is 14.3. The quantitative estimate of drug-likeness (QED) is 0.636. The van der Waals surface area contributed by atoms with Crippen LogP contribution in [0.5, 0.6) is 5.75 Å². The molecule has 64 valence electrons. The molecule has 0 spiro atoms. The first-order valence-corrected chi connectivity index (χ1v) is 3.29. The van der Waals surface area contributed by atoms with E-state index < -0.39 is 12.9 Å². The van der Waals surface area contributed by atoms with E-state index in [-0.39, 0.29) is 17.1 Å². The molecule has 0 bridgehead atoms. The number of Topliss-reactive ketones (excluding diaryl/α,β-unsaturated/α-hetero) is 1. The minimum absolute atomic E-state index is 0.0486. The van der Waals surface area contributed by atoms with Crippen molar-refractivity contribution in [3.8, 4) is 5.75 Å². The van der Waals surface area contributed by atoms with Crippen LogP contribution in [0.2, 0.25) is 0 Å². The molecule has 1 rings (SSSR count). The van der Waals surface area contributed by atoms with Gasteiger partial charge in [-0.25, -0.2) is 4.39 Å². The van der Waals surface area contributed by atoms with Crippen LogP contribution in [-0.2, 0) is 0 Å². The van der Waals surface area contributed by atoms with Crippen molar-refractivity contribution in [2.75, 3.05) is 7.04 Å². The highest BCUT2D eigenvalue weighted by atomic mass is 19.1. The molecular weight excluding hydrogens is 159 g/mol. The Labute approximate surface area is 74.2 Å². The Bertz CT molecular complexity index is 387. The van der Waals surface area contributed by atoms with Crippen LogP contribution in [0.4, 0.5) is 4.39 Å². The third-order valence-corrected chi connectivity index (χ3v) is 1.43. The fraction of sp³-hybridized carbons (Fsp3) is 0.222. The van der Waals surface area contributed by atoms with Crippen LogP contribution in [0, 0.1) is 5.82 Å². The topological polar surface area (TPSA) is 26.3 Å². The maximum absolute atomic E-state index is 12.8. The van der Waals surface area contributed by atoms with E-state index >= 15 is 0 Å². The number of ether oxygens (including phenoxy) is 1. The van der Waals surface area contributed by atoms with Crippen molar-refractivity contribution >= 4 is 5.78 Å². The summed E-state index contributed by atoms with van der Waals surface area (Å²) in [6.45, 7) is 1.25. The van der Waals surface area contributed by atoms with Crippen LogP contribution in [0.1, 0.15) is 21.4 Å². The van der Waals surface area contributed by atoms with Crippen molar-refractivity contribution < 1.29 is 18.0 Å². The molecule has 1 aromatic carbocycles. The van der Waals surface area contributed by atoms with Crippen molar-refractivity contribution in [3.05, 3.63) is 29.6 Å². The third kappa shape index (κ3) is 1.61. The Kier molecular flexibility index (Phi) is 1.48. The second-order valence-electron chi connectivity index (χ2n) is 2.30. The lowest BCUT2D eigenvalue weighted by atomic mass is 10.1. The molecular formula is C9H9FO2. The molecule has 0 fully saturated rings. The number of methoxy groups -OCH3 is 1. The highest BCUT2D eigenvalue weighted by molar-refractivity contribution is 5.96. The Morgan fingerprint density at radius 2 is 2.42 bits per heavy atom. The first-order valence-electron chi connectivity index (χ1n) is 4.79. The van der Waals surface area contributed by atoms with Gasteiger partial charge in [-0.2, -0.15) is 0 Å². The van der Waals surface area contributed by atoms with Gasteiger partial charge in [-0.1, -0.05) is 0 Å². The highest BCUT2D eigenvalue weighted by Crippen LogP contribution is 2.19. The van der Waals surface area contributed by atoms with Gasteiger partial charge in [0.05, 0.1) is 16.7 Å². The van der Waals surface area contributed by atoms with E-state index in [1.165, 1.54) is 13.0 Å². The number of carbonyl (C=O) groups is 1. The molecule has 0 aromatic heterocycles. The van der Waals surface area contributed by atoms with Crippen molar-refractivity contribution in [2.45, 2.75) is 6.92 Å². The van der Waals surface area contributed by atoms with E-state index in [1.54, 1.807) is 0 Å². The average molecular weight is 171 g/mol. The predicted molar refractivity (Wildman–Crippen MR) is 43.0 cm³/mol. The van der Waals surface area contributed by atoms with Gasteiger partial charge in [-0.05, 0) is 19.1 Å². The minimum atomic E-state index is -2.70. The molecule has 0 aliphatic heterocycles. The van der Waals surface area contributed by atoms with Gasteiger partial charge in [-0.3, -0.25) is 4.79 Å². The maximum Gasteiger partial charge on any atom is 0.163 e. The summed E-state index contributed by atoms with van der Waals surface area (Å²) in [5.41, 5.74) is 0.0486. The zero-order valence-electron chi connectivity index (χ0n) is 9.43. The number of rotatable bonds is 2. The van der Waals surface area contributed by atoms with Crippen LogP contribution in [-0.4, -0.2) is 12.8 Å². The summed E-state index contributed by atoms with van der Waals surface area (Å²) in [6.07, 6.45) is 0. The molecule has 0 aliphatic carbocycles. The van der Waals surface area contributed by atoms with Gasteiger partial charge in [0.25, 0.3) is 0 Å². The van der Waals surface area contributed by atoms with E-state index in [9.17, 15) is 9.18 Å². The SMILES string of the molecule is [2H]C([2H])([2H])Oc1cc(F)ccc1C(C)=O. The number of carbonyl (C=O) groups excluding carboxylic acids is 1. The number of halogens is 1. The van der Waals surface area contributed by atoms with Crippen molar-refractivity contribution in [2.24, 2.45) is 0 Å². The zero-order valence-corrected chi connectivity index (χ0v) is 6.43. The molecule has 0 saturated heterocycles. The van der Waals surface area contributed by atoms with E-state index in [2.05, 4.69) is 4.74 Å². The maximum atomic E-state index is 12.8. The first kappa shape index (κ1) is 5.30. The number of benzene rings is 1. The van der Waals surface area contributed by atoms with Gasteiger partial charge in [0.15, 0.2) is 5.78 Å². The van der Waals surface area contributed by atoms with Crippen LogP contribution in [0.3, 0.4) is 0 Å². The van der Waals surface area contributed by atoms with Gasteiger partial charge in [0.2, 0.25) is 0 Å². The second kappa shape index (κ2) is 3.34. The molecule has 0 amide bonds. The number of ketones is 1. The fourth-order valence-corrected chi connectivity index (χ4v) is 0.871. The fourth-order valence-electron chi connectivity index (χ4n) is 0.871. The molecule has 0 atom stereocenters. The Balaban J connectivity index is 3.13. The predicted octanol–water partition coefficient (Wildman–Crippen LogP) is 2.04. The van der Waals surface area contributed by atoms with Crippen LogP contribution in [0.25, 0.3) is 0 Å². The molecule has 2 nitrogen and oxygen atoms in total. The summed E-state index contributed by atoms with van der Waals surface area (Å²) < 4.78 is 37.9. The van der Waals surface area contributed by atoms with Crippen LogP contribution >= 0.6 is 0 Å². The van der Waals surface area contributed by atoms with Crippen molar-refractivity contribution in [1.82, 2.24) is 0 Å². The largest absolute Gasteiger partial charge is 0.496 e. The lowest BCUT2D eigenvalue weighted by Gasteiger charge is -2.04. The van der Waals surface area contributed by atoms with E-state index in [4.69, 9.17) is 4.11 Å². The van der Waals surface area contributed by atoms with E-state index in [0.29, 0.717) is 0 Å². The summed E-state index contributed by atoms with van der Waals surface area (Å²) in [5.74, 6) is -1.30. The molecule has 3 heteroatoms. The average Bonchev–Trinajstić information content (AvgIpc) is 1.99. The zero-order chi connectivity index (χ0) is 11.6. The van der Waals surface area contributed by atoms with E-state index in [0.717, 1.165) is 12.1 Å². The summed E-state index contributed by atoms with van der Waals surface area (Å²) in [4.78, 5) is 11.1. The summed E-state index contributed by atoms with van der Waals surface area (Å²) in [5, 5.41) is 0. The monoisotopic (exact) mass is 171 g/mol. The van der Waals surface area contributed by atoms with Gasteiger partial charge in [-0.15, -0.1) is 0 Å². The van der Waals surface area contributed by atoms with Crippen molar-refractivity contribution in [1.29, 1.82) is 0 Å². The lowest BCUT2D eigenvalue weighted by molar-refractivity contribution is 0.101. The summed E-state index contributed by atoms with van der Waals surface area (Å²) in [6, 6.07) is 3.14. The van der Waals surface area contributed by atoms with Crippen LogP contribution < -0.4 is 4.74 Å². The van der Waals surface area contributed by atoms with Gasteiger partial charge >= 0.3 is 0 Å².